The molecule has 218 valence electrons. The maximum absolute atomic E-state index is 11.7. The summed E-state index contributed by atoms with van der Waals surface area (Å²) >= 11 is 0. The monoisotopic (exact) mass is 591 g/mol. The molecule has 1 amide bonds. The average molecular weight is 592 g/mol. The highest BCUT2D eigenvalue weighted by Gasteiger charge is 2.18. The molecule has 5 rings (SSSR count). The normalized spacial score (nSPS) is 11.3. The van der Waals surface area contributed by atoms with Gasteiger partial charge >= 0.3 is 0 Å². The van der Waals surface area contributed by atoms with Crippen LogP contribution in [0, 0.1) is 11.3 Å². The number of nitriles is 1. The van der Waals surface area contributed by atoms with Crippen molar-refractivity contribution in [2.75, 3.05) is 11.9 Å². The van der Waals surface area contributed by atoms with Crippen LogP contribution in [-0.4, -0.2) is 44.9 Å². The van der Waals surface area contributed by atoms with Gasteiger partial charge in [0.2, 0.25) is 11.8 Å². The summed E-state index contributed by atoms with van der Waals surface area (Å²) < 4.78 is 15.9. The Balaban J connectivity index is 1.44. The van der Waals surface area contributed by atoms with Crippen molar-refractivity contribution in [3.63, 3.8) is 0 Å². The molecule has 0 radical (unpaired) electrons. The summed E-state index contributed by atoms with van der Waals surface area (Å²) in [4.78, 5) is 21.2. The van der Waals surface area contributed by atoms with Crippen LogP contribution >= 0.6 is 0 Å². The molecule has 0 unspecified atom stereocenters. The summed E-state index contributed by atoms with van der Waals surface area (Å²) in [5.74, 6) is 0.493. The topological polar surface area (TPSA) is 120 Å². The van der Waals surface area contributed by atoms with Crippen molar-refractivity contribution in [1.82, 2.24) is 24.3 Å². The van der Waals surface area contributed by atoms with Gasteiger partial charge in [-0.3, -0.25) is 9.48 Å². The molecule has 3 aromatic heterocycles. The largest absolute Gasteiger partial charge is 0.437 e. The zero-order chi connectivity index (χ0) is 30.4. The van der Waals surface area contributed by atoms with E-state index in [1.807, 2.05) is 39.8 Å². The van der Waals surface area contributed by atoms with Crippen LogP contribution in [0.4, 0.5) is 5.69 Å². The first-order chi connectivity index (χ1) is 20.7. The van der Waals surface area contributed by atoms with E-state index in [1.54, 1.807) is 42.7 Å². The highest BCUT2D eigenvalue weighted by molar-refractivity contribution is 6.76. The number of benzene rings is 2. The fraction of sp³-hybridized carbons (Fsp3) is 0.219. The summed E-state index contributed by atoms with van der Waals surface area (Å²) in [7, 11) is -1.23. The predicted molar refractivity (Wildman–Crippen MR) is 168 cm³/mol. The molecular formula is C32H33N7O3Si. The van der Waals surface area contributed by atoms with E-state index in [9.17, 15) is 10.1 Å². The van der Waals surface area contributed by atoms with Crippen molar-refractivity contribution in [1.29, 1.82) is 5.26 Å². The zero-order valence-corrected chi connectivity index (χ0v) is 25.4. The Morgan fingerprint density at radius 1 is 1.14 bits per heavy atom. The molecule has 3 heterocycles. The molecule has 10 nitrogen and oxygen atoms in total. The third kappa shape index (κ3) is 7.62. The van der Waals surface area contributed by atoms with Crippen molar-refractivity contribution in [3.8, 4) is 28.8 Å². The van der Waals surface area contributed by atoms with Crippen LogP contribution in [0.1, 0.15) is 11.1 Å². The molecular weight excluding hydrogens is 558 g/mol. The lowest BCUT2D eigenvalue weighted by molar-refractivity contribution is -0.111. The van der Waals surface area contributed by atoms with E-state index in [4.69, 9.17) is 19.4 Å². The molecule has 0 atom stereocenters. The molecule has 1 N–H and O–H groups in total. The number of rotatable bonds is 12. The first-order valence-corrected chi connectivity index (χ1v) is 17.6. The van der Waals surface area contributed by atoms with Gasteiger partial charge in [-0.25, -0.2) is 9.97 Å². The summed E-state index contributed by atoms with van der Waals surface area (Å²) in [6.07, 6.45) is 8.50. The Bertz CT molecular complexity index is 1810. The second-order valence-electron chi connectivity index (χ2n) is 11.3. The van der Waals surface area contributed by atoms with E-state index in [0.717, 1.165) is 22.7 Å². The van der Waals surface area contributed by atoms with E-state index in [1.165, 1.54) is 6.08 Å². The number of hydrogen-bond acceptors (Lipinski definition) is 7. The number of nitrogens with zero attached hydrogens (tertiary/aromatic N) is 6. The maximum atomic E-state index is 11.7. The van der Waals surface area contributed by atoms with Gasteiger partial charge in [0.15, 0.2) is 5.65 Å². The Morgan fingerprint density at radius 3 is 2.77 bits per heavy atom. The molecule has 11 heteroatoms. The lowest BCUT2D eigenvalue weighted by Gasteiger charge is -2.15. The van der Waals surface area contributed by atoms with Gasteiger partial charge in [-0.2, -0.15) is 10.4 Å². The van der Waals surface area contributed by atoms with Crippen molar-refractivity contribution < 1.29 is 14.3 Å². The molecule has 0 spiro atoms. The average Bonchev–Trinajstić information content (AvgIpc) is 3.59. The van der Waals surface area contributed by atoms with Crippen LogP contribution in [0.25, 0.3) is 22.3 Å². The van der Waals surface area contributed by atoms with Crippen LogP contribution in [0.5, 0.6) is 11.6 Å². The molecule has 2 aromatic carbocycles. The van der Waals surface area contributed by atoms with Crippen molar-refractivity contribution >= 4 is 30.8 Å². The number of carbonyl (C=O) groups is 1. The third-order valence-electron chi connectivity index (χ3n) is 6.62. The number of nitrogens with one attached hydrogen (secondary N) is 1. The van der Waals surface area contributed by atoms with Gasteiger partial charge in [0, 0.05) is 50.0 Å². The molecule has 0 saturated carbocycles. The predicted octanol–water partition coefficient (Wildman–Crippen LogP) is 6.44. The lowest BCUT2D eigenvalue weighted by Crippen LogP contribution is -2.22. The van der Waals surface area contributed by atoms with Crippen LogP contribution < -0.4 is 10.1 Å². The molecule has 0 aliphatic rings. The number of ether oxygens (including phenoxy) is 2. The summed E-state index contributed by atoms with van der Waals surface area (Å²) in [5.41, 5.74) is 5.18. The van der Waals surface area contributed by atoms with Gasteiger partial charge in [0.25, 0.3) is 0 Å². The van der Waals surface area contributed by atoms with E-state index >= 15 is 0 Å². The fourth-order valence-corrected chi connectivity index (χ4v) is 5.16. The first kappa shape index (κ1) is 29.4. The Kier molecular flexibility index (Phi) is 8.80. The van der Waals surface area contributed by atoms with E-state index < -0.39 is 8.07 Å². The minimum atomic E-state index is -1.23. The highest BCUT2D eigenvalue weighted by Crippen LogP contribution is 2.31. The number of aromatic nitrogens is 5. The standard InChI is InChI=1S/C32H33N7O3Si/c1-5-29(40)36-26-10-7-11-27(15-26)42-30-18-34-32-31(37-30)28(21-38(32)22-41-12-13-43(2,3)4)25-17-35-39(20-25)19-24-9-6-8-23(14-24)16-33/h5-11,14-15,17-18,20-21H,1,12-13,19,22H2,2-4H3,(H,36,40). The number of fused-ring (bicyclic) bond motifs is 1. The van der Waals surface area contributed by atoms with Gasteiger partial charge in [-0.15, -0.1) is 0 Å². The highest BCUT2D eigenvalue weighted by atomic mass is 28.3. The summed E-state index contributed by atoms with van der Waals surface area (Å²) in [6, 6.07) is 17.7. The van der Waals surface area contributed by atoms with Crippen molar-refractivity contribution in [3.05, 3.63) is 97.1 Å². The smallest absolute Gasteiger partial charge is 0.247 e. The van der Waals surface area contributed by atoms with Gasteiger partial charge < -0.3 is 19.4 Å². The Morgan fingerprint density at radius 2 is 1.98 bits per heavy atom. The summed E-state index contributed by atoms with van der Waals surface area (Å²) in [5, 5.41) is 16.5. The molecule has 0 aliphatic heterocycles. The fourth-order valence-electron chi connectivity index (χ4n) is 4.40. The minimum absolute atomic E-state index is 0.305. The van der Waals surface area contributed by atoms with Crippen molar-refractivity contribution in [2.24, 2.45) is 0 Å². The maximum Gasteiger partial charge on any atom is 0.247 e. The van der Waals surface area contributed by atoms with Crippen LogP contribution in [0.2, 0.25) is 25.7 Å². The van der Waals surface area contributed by atoms with Gasteiger partial charge in [0.1, 0.15) is 18.0 Å². The second-order valence-corrected chi connectivity index (χ2v) is 16.9. The summed E-state index contributed by atoms with van der Waals surface area (Å²) in [6.45, 7) is 12.0. The lowest BCUT2D eigenvalue weighted by atomic mass is 10.1. The molecule has 43 heavy (non-hydrogen) atoms. The number of carbonyl (C=O) groups excluding carboxylic acids is 1. The van der Waals surface area contributed by atoms with E-state index in [-0.39, 0.29) is 5.91 Å². The molecule has 0 fully saturated rings. The van der Waals surface area contributed by atoms with Gasteiger partial charge in [-0.05, 0) is 41.9 Å². The van der Waals surface area contributed by atoms with Gasteiger partial charge in [-0.1, -0.05) is 44.4 Å². The quantitative estimate of drug-likeness (QED) is 0.101. The zero-order valence-electron chi connectivity index (χ0n) is 24.4. The third-order valence-corrected chi connectivity index (χ3v) is 8.33. The molecule has 0 saturated heterocycles. The second kappa shape index (κ2) is 12.9. The van der Waals surface area contributed by atoms with Gasteiger partial charge in [0.05, 0.1) is 30.6 Å². The first-order valence-electron chi connectivity index (χ1n) is 13.9. The Hall–Kier alpha value is -5.05. The van der Waals surface area contributed by atoms with Crippen LogP contribution in [0.15, 0.2) is 86.0 Å². The van der Waals surface area contributed by atoms with Crippen LogP contribution in [-0.2, 0) is 22.8 Å². The molecule has 0 aliphatic carbocycles. The Labute approximate surface area is 251 Å². The SMILES string of the molecule is C=CC(=O)Nc1cccc(Oc2cnc3c(n2)c(-c2cnn(Cc4cccc(C#N)c4)c2)cn3COCC[Si](C)(C)C)c1. The van der Waals surface area contributed by atoms with E-state index in [2.05, 4.69) is 42.7 Å². The number of amides is 1. The van der Waals surface area contributed by atoms with E-state index in [0.29, 0.717) is 53.9 Å². The minimum Gasteiger partial charge on any atom is -0.437 e. The number of hydrogen-bond donors (Lipinski definition) is 1. The van der Waals surface area contributed by atoms with Crippen LogP contribution in [0.3, 0.4) is 0 Å². The number of anilines is 1. The molecule has 0 bridgehead atoms. The van der Waals surface area contributed by atoms with Crippen molar-refractivity contribution in [2.45, 2.75) is 39.0 Å². The molecule has 5 aromatic rings.